The van der Waals surface area contributed by atoms with E-state index in [9.17, 15) is 19.2 Å². The molecule has 3 rings (SSSR count). The van der Waals surface area contributed by atoms with Crippen molar-refractivity contribution >= 4 is 28.3 Å². The molecule has 0 saturated heterocycles. The van der Waals surface area contributed by atoms with Crippen LogP contribution in [0.2, 0.25) is 0 Å². The lowest BCUT2D eigenvalue weighted by molar-refractivity contribution is 0.0600. The van der Waals surface area contributed by atoms with E-state index >= 15 is 0 Å². The van der Waals surface area contributed by atoms with Crippen molar-refractivity contribution in [3.05, 3.63) is 74.4 Å². The second kappa shape index (κ2) is 8.99. The first-order valence-corrected chi connectivity index (χ1v) is 10.0. The predicted octanol–water partition coefficient (Wildman–Crippen LogP) is 2.22. The SMILES string of the molecule is CCN(CC)c1ccc(C(=O)Cn2c(=O)c3cc(C(=O)OC)ccc3n(C)c2=O)cc1. The third-order valence-electron chi connectivity index (χ3n) is 5.39. The Kier molecular flexibility index (Phi) is 6.39. The van der Waals surface area contributed by atoms with Gasteiger partial charge in [0.2, 0.25) is 0 Å². The van der Waals surface area contributed by atoms with E-state index in [1.807, 2.05) is 12.1 Å². The molecular weight excluding hydrogens is 398 g/mol. The predicted molar refractivity (Wildman–Crippen MR) is 119 cm³/mol. The highest BCUT2D eigenvalue weighted by atomic mass is 16.5. The number of Topliss-reactive ketones (excluding diaryl/α,β-unsaturated/α-hetero) is 1. The van der Waals surface area contributed by atoms with Crippen LogP contribution in [0.15, 0.2) is 52.1 Å². The van der Waals surface area contributed by atoms with Crippen molar-refractivity contribution in [2.24, 2.45) is 7.05 Å². The van der Waals surface area contributed by atoms with Gasteiger partial charge in [0, 0.05) is 31.4 Å². The lowest BCUT2D eigenvalue weighted by Crippen LogP contribution is -2.40. The normalized spacial score (nSPS) is 10.8. The van der Waals surface area contributed by atoms with Crippen LogP contribution in [0, 0.1) is 0 Å². The molecule has 0 aliphatic rings. The maximum absolute atomic E-state index is 13.0. The molecule has 8 nitrogen and oxygen atoms in total. The fraction of sp³-hybridized carbons (Fsp3) is 0.304. The van der Waals surface area contributed by atoms with Gasteiger partial charge in [-0.15, -0.1) is 0 Å². The Morgan fingerprint density at radius 2 is 1.58 bits per heavy atom. The highest BCUT2D eigenvalue weighted by Gasteiger charge is 2.17. The van der Waals surface area contributed by atoms with Gasteiger partial charge < -0.3 is 9.64 Å². The number of methoxy groups -OCH3 is 1. The smallest absolute Gasteiger partial charge is 0.337 e. The number of carbonyl (C=O) groups is 2. The third-order valence-corrected chi connectivity index (χ3v) is 5.39. The fourth-order valence-electron chi connectivity index (χ4n) is 3.58. The first-order chi connectivity index (χ1) is 14.8. The van der Waals surface area contributed by atoms with Crippen LogP contribution >= 0.6 is 0 Å². The van der Waals surface area contributed by atoms with Gasteiger partial charge in [0.05, 0.1) is 30.1 Å². The van der Waals surface area contributed by atoms with Gasteiger partial charge in [0.15, 0.2) is 5.78 Å². The Bertz CT molecular complexity index is 1250. The van der Waals surface area contributed by atoms with E-state index < -0.39 is 23.8 Å². The number of aromatic nitrogens is 2. The summed E-state index contributed by atoms with van der Waals surface area (Å²) in [5.41, 5.74) is 0.739. The van der Waals surface area contributed by atoms with Crippen LogP contribution in [-0.4, -0.2) is 41.1 Å². The molecule has 1 heterocycles. The zero-order valence-electron chi connectivity index (χ0n) is 18.0. The lowest BCUT2D eigenvalue weighted by atomic mass is 10.1. The summed E-state index contributed by atoms with van der Waals surface area (Å²) in [4.78, 5) is 52.5. The summed E-state index contributed by atoms with van der Waals surface area (Å²) in [6.07, 6.45) is 0. The number of hydrogen-bond donors (Lipinski definition) is 0. The Hall–Kier alpha value is -3.68. The van der Waals surface area contributed by atoms with E-state index in [1.165, 1.54) is 36.9 Å². The maximum Gasteiger partial charge on any atom is 0.337 e. The number of benzene rings is 2. The highest BCUT2D eigenvalue weighted by Crippen LogP contribution is 2.16. The molecule has 0 unspecified atom stereocenters. The largest absolute Gasteiger partial charge is 0.465 e. The van der Waals surface area contributed by atoms with Crippen LogP contribution in [0.4, 0.5) is 5.69 Å². The highest BCUT2D eigenvalue weighted by molar-refractivity contribution is 5.97. The van der Waals surface area contributed by atoms with Gasteiger partial charge in [0.1, 0.15) is 0 Å². The fourth-order valence-corrected chi connectivity index (χ4v) is 3.58. The van der Waals surface area contributed by atoms with Crippen molar-refractivity contribution in [1.29, 1.82) is 0 Å². The van der Waals surface area contributed by atoms with Crippen molar-refractivity contribution in [1.82, 2.24) is 9.13 Å². The monoisotopic (exact) mass is 423 g/mol. The Balaban J connectivity index is 2.00. The van der Waals surface area contributed by atoms with E-state index in [2.05, 4.69) is 18.7 Å². The molecular formula is C23H25N3O5. The Morgan fingerprint density at radius 3 is 2.16 bits per heavy atom. The molecule has 31 heavy (non-hydrogen) atoms. The molecule has 0 aliphatic carbocycles. The lowest BCUT2D eigenvalue weighted by Gasteiger charge is -2.21. The zero-order chi connectivity index (χ0) is 22.7. The Morgan fingerprint density at radius 1 is 0.968 bits per heavy atom. The molecule has 3 aromatic rings. The van der Waals surface area contributed by atoms with Crippen molar-refractivity contribution in [3.63, 3.8) is 0 Å². The third kappa shape index (κ3) is 4.14. The molecule has 1 aromatic heterocycles. The summed E-state index contributed by atoms with van der Waals surface area (Å²) in [5.74, 6) is -0.945. The number of ketones is 1. The number of hydrogen-bond acceptors (Lipinski definition) is 6. The summed E-state index contributed by atoms with van der Waals surface area (Å²) in [5, 5.41) is 0.162. The minimum atomic E-state index is -0.628. The minimum Gasteiger partial charge on any atom is -0.465 e. The molecule has 0 radical (unpaired) electrons. The molecule has 0 spiro atoms. The van der Waals surface area contributed by atoms with E-state index in [-0.39, 0.29) is 16.7 Å². The van der Waals surface area contributed by atoms with Gasteiger partial charge in [0.25, 0.3) is 5.56 Å². The van der Waals surface area contributed by atoms with Gasteiger partial charge in [-0.2, -0.15) is 0 Å². The van der Waals surface area contributed by atoms with Crippen LogP contribution in [-0.2, 0) is 18.3 Å². The number of aryl methyl sites for hydroxylation is 1. The molecule has 0 bridgehead atoms. The second-order valence-corrected chi connectivity index (χ2v) is 7.10. The molecule has 0 aliphatic heterocycles. The summed E-state index contributed by atoms with van der Waals surface area (Å²) in [7, 11) is 2.76. The maximum atomic E-state index is 13.0. The van der Waals surface area contributed by atoms with Crippen LogP contribution in [0.25, 0.3) is 10.9 Å². The van der Waals surface area contributed by atoms with E-state index in [0.717, 1.165) is 23.3 Å². The number of esters is 1. The number of fused-ring (bicyclic) bond motifs is 1. The second-order valence-electron chi connectivity index (χ2n) is 7.10. The molecule has 0 N–H and O–H groups in total. The van der Waals surface area contributed by atoms with Crippen LogP contribution < -0.4 is 16.1 Å². The summed E-state index contributed by atoms with van der Waals surface area (Å²) in [6.45, 7) is 5.40. The number of carbonyl (C=O) groups excluding carboxylic acids is 2. The molecule has 0 fully saturated rings. The van der Waals surface area contributed by atoms with Crippen LogP contribution in [0.1, 0.15) is 34.6 Å². The molecule has 162 valence electrons. The van der Waals surface area contributed by atoms with Crippen molar-refractivity contribution < 1.29 is 14.3 Å². The molecule has 8 heteroatoms. The van der Waals surface area contributed by atoms with Gasteiger partial charge in [-0.05, 0) is 56.3 Å². The van der Waals surface area contributed by atoms with E-state index in [1.54, 1.807) is 12.1 Å². The van der Waals surface area contributed by atoms with E-state index in [0.29, 0.717) is 11.1 Å². The molecule has 2 aromatic carbocycles. The van der Waals surface area contributed by atoms with E-state index in [4.69, 9.17) is 4.74 Å². The number of anilines is 1. The van der Waals surface area contributed by atoms with Crippen molar-refractivity contribution in [3.8, 4) is 0 Å². The van der Waals surface area contributed by atoms with Gasteiger partial charge in [-0.1, -0.05) is 0 Å². The molecule has 0 atom stereocenters. The summed E-state index contributed by atoms with van der Waals surface area (Å²) in [6, 6.07) is 11.5. The first-order valence-electron chi connectivity index (χ1n) is 10.0. The summed E-state index contributed by atoms with van der Waals surface area (Å²) < 4.78 is 6.88. The zero-order valence-corrected chi connectivity index (χ0v) is 18.0. The van der Waals surface area contributed by atoms with Gasteiger partial charge in [-0.3, -0.25) is 18.7 Å². The topological polar surface area (TPSA) is 90.6 Å². The summed E-state index contributed by atoms with van der Waals surface area (Å²) >= 11 is 0. The quantitative estimate of drug-likeness (QED) is 0.428. The minimum absolute atomic E-state index is 0.162. The average molecular weight is 423 g/mol. The Labute approximate surface area is 179 Å². The standard InChI is InChI=1S/C23H25N3O5/c1-5-25(6-2)17-10-7-15(8-11-17)20(27)14-26-21(28)18-13-16(22(29)31-4)9-12-19(18)24(3)23(26)30/h7-13H,5-6,14H2,1-4H3. The first kappa shape index (κ1) is 22.0. The van der Waals surface area contributed by atoms with Gasteiger partial charge >= 0.3 is 11.7 Å². The van der Waals surface area contributed by atoms with Crippen LogP contribution in [0.5, 0.6) is 0 Å². The number of nitrogens with zero attached hydrogens (tertiary/aromatic N) is 3. The number of rotatable bonds is 7. The number of ether oxygens (including phenoxy) is 1. The molecule has 0 saturated carbocycles. The average Bonchev–Trinajstić information content (AvgIpc) is 2.80. The van der Waals surface area contributed by atoms with Crippen molar-refractivity contribution in [2.75, 3.05) is 25.1 Å². The van der Waals surface area contributed by atoms with Crippen molar-refractivity contribution in [2.45, 2.75) is 20.4 Å². The van der Waals surface area contributed by atoms with Gasteiger partial charge in [-0.25, -0.2) is 9.59 Å². The molecule has 0 amide bonds. The van der Waals surface area contributed by atoms with Crippen LogP contribution in [0.3, 0.4) is 0 Å².